The number of nitrogens with zero attached hydrogens (tertiary/aromatic N) is 1. The van der Waals surface area contributed by atoms with Gasteiger partial charge in [-0.05, 0) is 24.1 Å². The van der Waals surface area contributed by atoms with E-state index in [1.807, 2.05) is 12.1 Å². The van der Waals surface area contributed by atoms with E-state index in [0.29, 0.717) is 5.92 Å². The zero-order chi connectivity index (χ0) is 13.2. The summed E-state index contributed by atoms with van der Waals surface area (Å²) in [5.74, 6) is 0.659. The summed E-state index contributed by atoms with van der Waals surface area (Å²) < 4.78 is 1.23. The van der Waals surface area contributed by atoms with Crippen molar-refractivity contribution in [1.82, 2.24) is 0 Å². The van der Waals surface area contributed by atoms with E-state index in [1.54, 1.807) is 0 Å². The summed E-state index contributed by atoms with van der Waals surface area (Å²) in [5, 5.41) is 1.52. The second-order valence-corrected chi connectivity index (χ2v) is 6.85. The van der Waals surface area contributed by atoms with E-state index < -0.39 is 0 Å². The van der Waals surface area contributed by atoms with E-state index in [2.05, 4.69) is 20.0 Å². The number of hydrogen-bond acceptors (Lipinski definition) is 0. The molecule has 2 rings (SSSR count). The van der Waals surface area contributed by atoms with Gasteiger partial charge in [-0.1, -0.05) is 36.2 Å². The lowest BCUT2D eigenvalue weighted by Crippen LogP contribution is -3.00. The van der Waals surface area contributed by atoms with Crippen LogP contribution in [0.1, 0.15) is 25.3 Å². The van der Waals surface area contributed by atoms with Crippen molar-refractivity contribution < 1.29 is 21.5 Å². The summed E-state index contributed by atoms with van der Waals surface area (Å²) in [7, 11) is 2.38. The third-order valence-electron chi connectivity index (χ3n) is 3.98. The van der Waals surface area contributed by atoms with Gasteiger partial charge < -0.3 is 21.5 Å². The number of quaternary nitrogens is 1. The molecule has 1 aromatic carbocycles. The molecule has 1 aromatic rings. The summed E-state index contributed by atoms with van der Waals surface area (Å²) in [5.41, 5.74) is 1.22. The SMILES string of the molecule is CC(Cc1ccc(Cl)cc1Cl)C[N+]1(C)CCCC1.[Br-]. The Morgan fingerprint density at radius 2 is 1.84 bits per heavy atom. The standard InChI is InChI=1S/C15H22Cl2N.BrH/c1-12(11-18(2)7-3-4-8-18)9-13-5-6-14(16)10-15(13)17;/h5-6,10,12H,3-4,7-9,11H2,1-2H3;1H/q+1;/p-1. The Hall–Kier alpha value is 0.240. The van der Waals surface area contributed by atoms with Crippen LogP contribution in [0.2, 0.25) is 10.0 Å². The van der Waals surface area contributed by atoms with E-state index in [9.17, 15) is 0 Å². The van der Waals surface area contributed by atoms with Crippen LogP contribution in [0.4, 0.5) is 0 Å². The summed E-state index contributed by atoms with van der Waals surface area (Å²) in [6.07, 6.45) is 3.81. The van der Waals surface area contributed by atoms with Crippen molar-refractivity contribution in [2.75, 3.05) is 26.7 Å². The number of halogens is 3. The monoisotopic (exact) mass is 365 g/mol. The molecular formula is C15H22BrCl2N. The second-order valence-electron chi connectivity index (χ2n) is 6.00. The highest BCUT2D eigenvalue weighted by Gasteiger charge is 2.28. The van der Waals surface area contributed by atoms with Crippen LogP contribution in [-0.2, 0) is 6.42 Å². The topological polar surface area (TPSA) is 0 Å². The summed E-state index contributed by atoms with van der Waals surface area (Å²) in [6, 6.07) is 5.84. The molecule has 0 aromatic heterocycles. The first-order valence-corrected chi connectivity index (χ1v) is 7.52. The molecular weight excluding hydrogens is 345 g/mol. The molecule has 1 nitrogen and oxygen atoms in total. The van der Waals surface area contributed by atoms with Gasteiger partial charge >= 0.3 is 0 Å². The average molecular weight is 367 g/mol. The Balaban J connectivity index is 0.00000180. The highest BCUT2D eigenvalue weighted by Crippen LogP contribution is 2.25. The van der Waals surface area contributed by atoms with Crippen molar-refractivity contribution in [3.05, 3.63) is 33.8 Å². The molecule has 1 unspecified atom stereocenters. The quantitative estimate of drug-likeness (QED) is 0.707. The van der Waals surface area contributed by atoms with E-state index >= 15 is 0 Å². The van der Waals surface area contributed by atoms with Gasteiger partial charge in [0.15, 0.2) is 0 Å². The number of hydrogen-bond donors (Lipinski definition) is 0. The van der Waals surface area contributed by atoms with Crippen molar-refractivity contribution in [2.24, 2.45) is 5.92 Å². The van der Waals surface area contributed by atoms with Gasteiger partial charge in [0.1, 0.15) is 0 Å². The molecule has 1 heterocycles. The first kappa shape index (κ1) is 17.3. The van der Waals surface area contributed by atoms with Gasteiger partial charge in [-0.2, -0.15) is 0 Å². The molecule has 0 saturated carbocycles. The van der Waals surface area contributed by atoms with E-state index in [-0.39, 0.29) is 17.0 Å². The molecule has 19 heavy (non-hydrogen) atoms. The lowest BCUT2D eigenvalue weighted by molar-refractivity contribution is -0.900. The zero-order valence-electron chi connectivity index (χ0n) is 11.6. The van der Waals surface area contributed by atoms with Gasteiger partial charge in [-0.25, -0.2) is 0 Å². The van der Waals surface area contributed by atoms with Gasteiger partial charge in [0, 0.05) is 28.8 Å². The molecule has 4 heteroatoms. The van der Waals surface area contributed by atoms with Crippen molar-refractivity contribution in [3.8, 4) is 0 Å². The fourth-order valence-electron chi connectivity index (χ4n) is 3.16. The largest absolute Gasteiger partial charge is 1.00 e. The predicted octanol–water partition coefficient (Wildman–Crippen LogP) is 1.42. The molecule has 1 fully saturated rings. The first-order chi connectivity index (χ1) is 8.48. The Kier molecular flexibility index (Phi) is 6.65. The fourth-order valence-corrected chi connectivity index (χ4v) is 3.65. The van der Waals surface area contributed by atoms with Gasteiger partial charge in [0.05, 0.1) is 26.7 Å². The molecule has 1 aliphatic heterocycles. The number of benzene rings is 1. The molecule has 1 saturated heterocycles. The molecule has 0 spiro atoms. The molecule has 0 N–H and O–H groups in total. The Labute approximate surface area is 137 Å². The van der Waals surface area contributed by atoms with Gasteiger partial charge in [-0.15, -0.1) is 0 Å². The number of likely N-dealkylation sites (tertiary alicyclic amines) is 1. The van der Waals surface area contributed by atoms with E-state index in [1.165, 1.54) is 42.5 Å². The summed E-state index contributed by atoms with van der Waals surface area (Å²) in [4.78, 5) is 0. The van der Waals surface area contributed by atoms with Crippen LogP contribution in [-0.4, -0.2) is 31.2 Å². The molecule has 1 atom stereocenters. The lowest BCUT2D eigenvalue weighted by atomic mass is 10.00. The summed E-state index contributed by atoms with van der Waals surface area (Å²) >= 11 is 12.2. The van der Waals surface area contributed by atoms with E-state index in [0.717, 1.165) is 16.5 Å². The van der Waals surface area contributed by atoms with Crippen LogP contribution in [0.5, 0.6) is 0 Å². The van der Waals surface area contributed by atoms with Crippen LogP contribution in [0.3, 0.4) is 0 Å². The fraction of sp³-hybridized carbons (Fsp3) is 0.600. The van der Waals surface area contributed by atoms with Crippen LogP contribution in [0.15, 0.2) is 18.2 Å². The molecule has 0 amide bonds. The zero-order valence-corrected chi connectivity index (χ0v) is 14.7. The minimum atomic E-state index is 0. The third-order valence-corrected chi connectivity index (χ3v) is 4.57. The lowest BCUT2D eigenvalue weighted by Gasteiger charge is -2.32. The van der Waals surface area contributed by atoms with Crippen LogP contribution in [0, 0.1) is 5.92 Å². The minimum absolute atomic E-state index is 0. The van der Waals surface area contributed by atoms with E-state index in [4.69, 9.17) is 23.2 Å². The predicted molar refractivity (Wildman–Crippen MR) is 79.3 cm³/mol. The molecule has 0 bridgehead atoms. The average Bonchev–Trinajstić information content (AvgIpc) is 2.69. The van der Waals surface area contributed by atoms with Crippen LogP contribution >= 0.6 is 23.2 Å². The second kappa shape index (κ2) is 7.31. The molecule has 108 valence electrons. The van der Waals surface area contributed by atoms with Gasteiger partial charge in [0.2, 0.25) is 0 Å². The summed E-state index contributed by atoms with van der Waals surface area (Å²) in [6.45, 7) is 6.24. The molecule has 0 aliphatic carbocycles. The van der Waals surface area contributed by atoms with Gasteiger partial charge in [-0.3, -0.25) is 0 Å². The Morgan fingerprint density at radius 3 is 2.42 bits per heavy atom. The third kappa shape index (κ3) is 4.93. The minimum Gasteiger partial charge on any atom is -1.00 e. The van der Waals surface area contributed by atoms with Crippen molar-refractivity contribution in [1.29, 1.82) is 0 Å². The maximum absolute atomic E-state index is 6.24. The molecule has 1 aliphatic rings. The van der Waals surface area contributed by atoms with Crippen molar-refractivity contribution >= 4 is 23.2 Å². The van der Waals surface area contributed by atoms with Crippen LogP contribution in [0.25, 0.3) is 0 Å². The highest BCUT2D eigenvalue weighted by molar-refractivity contribution is 6.35. The Morgan fingerprint density at radius 1 is 1.21 bits per heavy atom. The highest BCUT2D eigenvalue weighted by atomic mass is 79.9. The molecule has 0 radical (unpaired) electrons. The van der Waals surface area contributed by atoms with Crippen molar-refractivity contribution in [3.63, 3.8) is 0 Å². The van der Waals surface area contributed by atoms with Gasteiger partial charge in [0.25, 0.3) is 0 Å². The van der Waals surface area contributed by atoms with Crippen molar-refractivity contribution in [2.45, 2.75) is 26.2 Å². The first-order valence-electron chi connectivity index (χ1n) is 6.76. The van der Waals surface area contributed by atoms with Crippen LogP contribution < -0.4 is 17.0 Å². The maximum Gasteiger partial charge on any atom is 0.0813 e. The smallest absolute Gasteiger partial charge is 0.0813 e. The number of rotatable bonds is 4. The maximum atomic E-state index is 6.24. The Bertz CT molecular complexity index is 417. The normalized spacial score (nSPS) is 18.9.